The van der Waals surface area contributed by atoms with E-state index in [0.717, 1.165) is 12.8 Å². The van der Waals surface area contributed by atoms with Crippen LogP contribution in [0.25, 0.3) is 0 Å². The number of benzene rings is 1. The van der Waals surface area contributed by atoms with Crippen molar-refractivity contribution in [3.63, 3.8) is 0 Å². The van der Waals surface area contributed by atoms with Gasteiger partial charge in [0.15, 0.2) is 0 Å². The summed E-state index contributed by atoms with van der Waals surface area (Å²) < 4.78 is 27.1. The molecule has 2 aliphatic rings. The number of nitrogens with zero attached hydrogens (tertiary/aromatic N) is 1. The lowest BCUT2D eigenvalue weighted by Crippen LogP contribution is -2.39. The molecule has 0 bridgehead atoms. The first-order chi connectivity index (χ1) is 10.9. The molecule has 2 amide bonds. The molecule has 0 aromatic heterocycles. The summed E-state index contributed by atoms with van der Waals surface area (Å²) in [6, 6.07) is 6.41. The van der Waals surface area contributed by atoms with Crippen LogP contribution in [0.15, 0.2) is 29.2 Å². The third kappa shape index (κ3) is 4.03. The van der Waals surface area contributed by atoms with Gasteiger partial charge in [0.1, 0.15) is 0 Å². The summed E-state index contributed by atoms with van der Waals surface area (Å²) in [7, 11) is -1.74. The monoisotopic (exact) mass is 337 g/mol. The molecule has 0 saturated heterocycles. The zero-order valence-electron chi connectivity index (χ0n) is 13.5. The highest BCUT2D eigenvalue weighted by Gasteiger charge is 2.32. The Morgan fingerprint density at radius 3 is 2.57 bits per heavy atom. The Kier molecular flexibility index (Phi) is 4.33. The molecule has 1 aromatic carbocycles. The second-order valence-electron chi connectivity index (χ2n) is 6.54. The van der Waals surface area contributed by atoms with Crippen LogP contribution >= 0.6 is 0 Å². The normalized spacial score (nSPS) is 19.2. The van der Waals surface area contributed by atoms with E-state index in [9.17, 15) is 13.2 Å². The quantitative estimate of drug-likeness (QED) is 0.836. The smallest absolute Gasteiger partial charge is 0.321 e. The molecule has 2 saturated carbocycles. The Hall–Kier alpha value is -1.60. The molecular weight excluding hydrogens is 314 g/mol. The van der Waals surface area contributed by atoms with Crippen molar-refractivity contribution in [3.8, 4) is 0 Å². The van der Waals surface area contributed by atoms with Gasteiger partial charge in [-0.15, -0.1) is 0 Å². The van der Waals surface area contributed by atoms with Crippen molar-refractivity contribution < 1.29 is 13.2 Å². The maximum absolute atomic E-state index is 12.3. The number of urea groups is 1. The fourth-order valence-electron chi connectivity index (χ4n) is 2.52. The van der Waals surface area contributed by atoms with E-state index in [0.29, 0.717) is 11.6 Å². The lowest BCUT2D eigenvalue weighted by atomic mass is 10.2. The maximum Gasteiger partial charge on any atom is 0.321 e. The summed E-state index contributed by atoms with van der Waals surface area (Å²) in [4.78, 5) is 14.1. The number of amides is 2. The lowest BCUT2D eigenvalue weighted by molar-refractivity contribution is 0.201. The van der Waals surface area contributed by atoms with Crippen LogP contribution in [0.1, 0.15) is 32.6 Å². The molecule has 2 N–H and O–H groups in total. The third-order valence-electron chi connectivity index (χ3n) is 4.53. The minimum absolute atomic E-state index is 0.0590. The predicted octanol–water partition coefficient (Wildman–Crippen LogP) is 2.39. The average Bonchev–Trinajstić information content (AvgIpc) is 3.39. The molecule has 6 nitrogen and oxygen atoms in total. The number of carbonyl (C=O) groups is 1. The molecule has 23 heavy (non-hydrogen) atoms. The number of nitrogens with one attached hydrogen (secondary N) is 2. The van der Waals surface area contributed by atoms with Crippen molar-refractivity contribution in [1.82, 2.24) is 9.62 Å². The summed E-state index contributed by atoms with van der Waals surface area (Å²) in [5.74, 6) is 0.584. The first kappa shape index (κ1) is 16.3. The van der Waals surface area contributed by atoms with E-state index in [4.69, 9.17) is 0 Å². The third-order valence-corrected chi connectivity index (χ3v) is 6.05. The van der Waals surface area contributed by atoms with Crippen molar-refractivity contribution in [2.24, 2.45) is 5.92 Å². The topological polar surface area (TPSA) is 78.5 Å². The van der Waals surface area contributed by atoms with Gasteiger partial charge in [-0.1, -0.05) is 6.07 Å². The van der Waals surface area contributed by atoms with Crippen molar-refractivity contribution in [2.45, 2.75) is 49.6 Å². The lowest BCUT2D eigenvalue weighted by Gasteiger charge is -2.25. The van der Waals surface area contributed by atoms with Gasteiger partial charge in [-0.05, 0) is 56.7 Å². The number of anilines is 1. The van der Waals surface area contributed by atoms with Crippen molar-refractivity contribution in [3.05, 3.63) is 24.3 Å². The van der Waals surface area contributed by atoms with E-state index < -0.39 is 10.0 Å². The van der Waals surface area contributed by atoms with Crippen LogP contribution in [0.4, 0.5) is 10.5 Å². The number of sulfonamides is 1. The molecule has 2 aliphatic carbocycles. The van der Waals surface area contributed by atoms with Gasteiger partial charge in [0.2, 0.25) is 10.0 Å². The van der Waals surface area contributed by atoms with Crippen LogP contribution in [-0.2, 0) is 10.0 Å². The second kappa shape index (κ2) is 6.13. The fourth-order valence-corrected chi connectivity index (χ4v) is 3.87. The summed E-state index contributed by atoms with van der Waals surface area (Å²) in [5.41, 5.74) is 0.489. The van der Waals surface area contributed by atoms with Gasteiger partial charge in [-0.25, -0.2) is 17.9 Å². The first-order valence-corrected chi connectivity index (χ1v) is 9.51. The van der Waals surface area contributed by atoms with Gasteiger partial charge in [0.05, 0.1) is 4.90 Å². The molecule has 0 heterocycles. The van der Waals surface area contributed by atoms with Gasteiger partial charge in [0.25, 0.3) is 0 Å². The fraction of sp³-hybridized carbons (Fsp3) is 0.562. The predicted molar refractivity (Wildman–Crippen MR) is 88.8 cm³/mol. The summed E-state index contributed by atoms with van der Waals surface area (Å²) >= 11 is 0. The molecule has 1 atom stereocenters. The zero-order chi connectivity index (χ0) is 16.6. The van der Waals surface area contributed by atoms with Gasteiger partial charge >= 0.3 is 6.03 Å². The standard InChI is InChI=1S/C16H23N3O3S/c1-11(12-6-7-12)19(2)16(20)17-14-4-3-5-15(10-14)23(21,22)18-13-8-9-13/h3-5,10-13,18H,6-9H2,1-2H3,(H,17,20)/t11-/m1/s1. The van der Waals surface area contributed by atoms with Crippen LogP contribution in [0, 0.1) is 5.92 Å². The molecule has 0 aliphatic heterocycles. The Bertz CT molecular complexity index is 696. The molecule has 0 unspecified atom stereocenters. The summed E-state index contributed by atoms with van der Waals surface area (Å²) in [5, 5.41) is 2.78. The van der Waals surface area contributed by atoms with Crippen LogP contribution in [0.3, 0.4) is 0 Å². The summed E-state index contributed by atoms with van der Waals surface area (Å²) in [6.07, 6.45) is 4.11. The SMILES string of the molecule is C[C@H](C1CC1)N(C)C(=O)Nc1cccc(S(=O)(=O)NC2CC2)c1. The minimum atomic E-state index is -3.51. The van der Waals surface area contributed by atoms with E-state index in [1.165, 1.54) is 25.0 Å². The highest BCUT2D eigenvalue weighted by Crippen LogP contribution is 2.34. The van der Waals surface area contributed by atoms with Gasteiger partial charge < -0.3 is 10.2 Å². The number of hydrogen-bond donors (Lipinski definition) is 2. The number of carbonyl (C=O) groups excluding carboxylic acids is 1. The highest BCUT2D eigenvalue weighted by molar-refractivity contribution is 7.89. The van der Waals surface area contributed by atoms with Crippen molar-refractivity contribution >= 4 is 21.7 Å². The minimum Gasteiger partial charge on any atom is -0.325 e. The second-order valence-corrected chi connectivity index (χ2v) is 8.26. The highest BCUT2D eigenvalue weighted by atomic mass is 32.2. The van der Waals surface area contributed by atoms with Gasteiger partial charge in [0, 0.05) is 24.8 Å². The molecule has 7 heteroatoms. The van der Waals surface area contributed by atoms with Crippen LogP contribution in [-0.4, -0.2) is 38.5 Å². The van der Waals surface area contributed by atoms with E-state index in [1.807, 2.05) is 6.92 Å². The van der Waals surface area contributed by atoms with Crippen LogP contribution in [0.5, 0.6) is 0 Å². The average molecular weight is 337 g/mol. The van der Waals surface area contributed by atoms with Gasteiger partial charge in [-0.2, -0.15) is 0 Å². The Morgan fingerprint density at radius 1 is 1.26 bits per heavy atom. The molecule has 2 fully saturated rings. The van der Waals surface area contributed by atoms with E-state index >= 15 is 0 Å². The van der Waals surface area contributed by atoms with E-state index in [1.54, 1.807) is 24.1 Å². The Balaban J connectivity index is 1.68. The Morgan fingerprint density at radius 2 is 1.96 bits per heavy atom. The van der Waals surface area contributed by atoms with E-state index in [2.05, 4.69) is 10.0 Å². The van der Waals surface area contributed by atoms with E-state index in [-0.39, 0.29) is 23.0 Å². The van der Waals surface area contributed by atoms with Gasteiger partial charge in [-0.3, -0.25) is 0 Å². The molecule has 3 rings (SSSR count). The number of rotatable bonds is 6. The zero-order valence-corrected chi connectivity index (χ0v) is 14.3. The van der Waals surface area contributed by atoms with Crippen molar-refractivity contribution in [1.29, 1.82) is 0 Å². The molecule has 126 valence electrons. The van der Waals surface area contributed by atoms with Crippen LogP contribution < -0.4 is 10.0 Å². The molecule has 0 radical (unpaired) electrons. The molecular formula is C16H23N3O3S. The van der Waals surface area contributed by atoms with Crippen LogP contribution in [0.2, 0.25) is 0 Å². The number of hydrogen-bond acceptors (Lipinski definition) is 3. The maximum atomic E-state index is 12.3. The molecule has 0 spiro atoms. The molecule has 1 aromatic rings. The Labute approximate surface area is 137 Å². The van der Waals surface area contributed by atoms with Crippen molar-refractivity contribution in [2.75, 3.05) is 12.4 Å². The first-order valence-electron chi connectivity index (χ1n) is 8.03. The largest absolute Gasteiger partial charge is 0.325 e. The summed E-state index contributed by atoms with van der Waals surface area (Å²) in [6.45, 7) is 2.04.